The van der Waals surface area contributed by atoms with Crippen LogP contribution in [-0.4, -0.2) is 12.1 Å². The summed E-state index contributed by atoms with van der Waals surface area (Å²) in [5.74, 6) is 0.207. The summed E-state index contributed by atoms with van der Waals surface area (Å²) in [6.07, 6.45) is 3.04. The molecular weight excluding hydrogens is 263 g/mol. The van der Waals surface area contributed by atoms with E-state index in [9.17, 15) is 4.39 Å². The van der Waals surface area contributed by atoms with Gasteiger partial charge in [0.2, 0.25) is 0 Å². The van der Waals surface area contributed by atoms with Gasteiger partial charge in [0.1, 0.15) is 16.6 Å². The van der Waals surface area contributed by atoms with E-state index in [4.69, 9.17) is 10.5 Å². The molecule has 19 heavy (non-hydrogen) atoms. The van der Waals surface area contributed by atoms with Gasteiger partial charge >= 0.3 is 0 Å². The molecule has 0 fully saturated rings. The third-order valence-corrected chi connectivity index (χ3v) is 4.57. The molecule has 1 aromatic heterocycles. The molecule has 3 rings (SSSR count). The maximum Gasteiger partial charge on any atom is 0.137 e. The molecule has 2 N–H and O–H groups in total. The molecule has 1 heterocycles. The van der Waals surface area contributed by atoms with Gasteiger partial charge in [-0.2, -0.15) is 0 Å². The maximum absolute atomic E-state index is 14.0. The third-order valence-electron chi connectivity index (χ3n) is 3.40. The lowest BCUT2D eigenvalue weighted by atomic mass is 9.99. The van der Waals surface area contributed by atoms with Gasteiger partial charge in [0.25, 0.3) is 0 Å². The van der Waals surface area contributed by atoms with Crippen molar-refractivity contribution in [3.8, 4) is 16.3 Å². The van der Waals surface area contributed by atoms with Gasteiger partial charge in [0.15, 0.2) is 0 Å². The Balaban J connectivity index is 2.03. The van der Waals surface area contributed by atoms with E-state index in [1.165, 1.54) is 18.1 Å². The molecule has 1 aromatic carbocycles. The van der Waals surface area contributed by atoms with Gasteiger partial charge in [-0.05, 0) is 31.4 Å². The summed E-state index contributed by atoms with van der Waals surface area (Å²) >= 11 is 1.55. The van der Waals surface area contributed by atoms with Gasteiger partial charge in [-0.1, -0.05) is 0 Å². The topological polar surface area (TPSA) is 48.1 Å². The van der Waals surface area contributed by atoms with Gasteiger partial charge in [-0.3, -0.25) is 0 Å². The van der Waals surface area contributed by atoms with E-state index in [1.54, 1.807) is 23.5 Å². The standard InChI is InChI=1S/C14H15FN2OS/c1-18-8-5-6-9(10(15)7-8)14-17-13-11(16)3-2-4-12(13)19-14/h5-7,11H,2-4,16H2,1H3. The van der Waals surface area contributed by atoms with Crippen LogP contribution in [0, 0.1) is 5.82 Å². The van der Waals surface area contributed by atoms with Gasteiger partial charge in [-0.25, -0.2) is 9.37 Å². The molecule has 0 spiro atoms. The van der Waals surface area contributed by atoms with Crippen LogP contribution in [0.1, 0.15) is 29.5 Å². The van der Waals surface area contributed by atoms with Crippen LogP contribution >= 0.6 is 11.3 Å². The first-order valence-corrected chi connectivity index (χ1v) is 7.10. The number of nitrogens with zero attached hydrogens (tertiary/aromatic N) is 1. The number of thiazole rings is 1. The molecule has 1 unspecified atom stereocenters. The molecule has 100 valence electrons. The fourth-order valence-corrected chi connectivity index (χ4v) is 3.56. The number of rotatable bonds is 2. The lowest BCUT2D eigenvalue weighted by Crippen LogP contribution is -2.16. The van der Waals surface area contributed by atoms with Gasteiger partial charge in [0, 0.05) is 22.5 Å². The summed E-state index contributed by atoms with van der Waals surface area (Å²) in [6, 6.07) is 4.84. The Morgan fingerprint density at radius 2 is 2.32 bits per heavy atom. The van der Waals surface area contributed by atoms with Crippen molar-refractivity contribution in [3.63, 3.8) is 0 Å². The zero-order chi connectivity index (χ0) is 13.4. The largest absolute Gasteiger partial charge is 0.497 e. The summed E-state index contributed by atoms with van der Waals surface area (Å²) in [4.78, 5) is 5.73. The molecule has 1 aliphatic carbocycles. The van der Waals surface area contributed by atoms with Gasteiger partial charge in [-0.15, -0.1) is 11.3 Å². The van der Waals surface area contributed by atoms with Crippen LogP contribution < -0.4 is 10.5 Å². The van der Waals surface area contributed by atoms with Crippen molar-refractivity contribution < 1.29 is 9.13 Å². The number of nitrogens with two attached hydrogens (primary N) is 1. The van der Waals surface area contributed by atoms with Crippen molar-refractivity contribution in [2.45, 2.75) is 25.3 Å². The van der Waals surface area contributed by atoms with E-state index in [1.807, 2.05) is 0 Å². The van der Waals surface area contributed by atoms with Crippen LogP contribution in [0.3, 0.4) is 0 Å². The van der Waals surface area contributed by atoms with E-state index < -0.39 is 0 Å². The minimum absolute atomic E-state index is 0.00457. The number of benzene rings is 1. The first-order chi connectivity index (χ1) is 9.19. The predicted octanol–water partition coefficient (Wildman–Crippen LogP) is 3.29. The number of halogens is 1. The summed E-state index contributed by atoms with van der Waals surface area (Å²) in [6.45, 7) is 0. The fourth-order valence-electron chi connectivity index (χ4n) is 2.36. The highest BCUT2D eigenvalue weighted by atomic mass is 32.1. The number of hydrogen-bond acceptors (Lipinski definition) is 4. The van der Waals surface area contributed by atoms with Crippen molar-refractivity contribution in [1.82, 2.24) is 4.98 Å². The smallest absolute Gasteiger partial charge is 0.137 e. The molecule has 3 nitrogen and oxygen atoms in total. The number of ether oxygens (including phenoxy) is 1. The second-order valence-corrected chi connectivity index (χ2v) is 5.76. The second kappa shape index (κ2) is 4.90. The zero-order valence-electron chi connectivity index (χ0n) is 10.6. The quantitative estimate of drug-likeness (QED) is 0.917. The molecule has 0 saturated carbocycles. The molecular formula is C14H15FN2OS. The molecule has 1 aliphatic rings. The van der Waals surface area contributed by atoms with Crippen molar-refractivity contribution in [1.29, 1.82) is 0 Å². The average molecular weight is 278 g/mol. The molecule has 5 heteroatoms. The van der Waals surface area contributed by atoms with E-state index in [2.05, 4.69) is 4.98 Å². The highest BCUT2D eigenvalue weighted by molar-refractivity contribution is 7.15. The van der Waals surface area contributed by atoms with Crippen molar-refractivity contribution in [2.24, 2.45) is 5.73 Å². The van der Waals surface area contributed by atoms with E-state index in [0.717, 1.165) is 25.0 Å². The van der Waals surface area contributed by atoms with E-state index in [-0.39, 0.29) is 11.9 Å². The average Bonchev–Trinajstić information content (AvgIpc) is 2.83. The second-order valence-electron chi connectivity index (χ2n) is 4.67. The predicted molar refractivity (Wildman–Crippen MR) is 73.9 cm³/mol. The number of methoxy groups -OCH3 is 1. The molecule has 0 radical (unpaired) electrons. The fraction of sp³-hybridized carbons (Fsp3) is 0.357. The minimum Gasteiger partial charge on any atom is -0.497 e. The van der Waals surface area contributed by atoms with Crippen molar-refractivity contribution in [3.05, 3.63) is 34.6 Å². The molecule has 0 amide bonds. The highest BCUT2D eigenvalue weighted by Crippen LogP contribution is 2.37. The zero-order valence-corrected chi connectivity index (χ0v) is 11.5. The van der Waals surface area contributed by atoms with E-state index in [0.29, 0.717) is 16.3 Å². The highest BCUT2D eigenvalue weighted by Gasteiger charge is 2.23. The monoisotopic (exact) mass is 278 g/mol. The minimum atomic E-state index is -0.306. The van der Waals surface area contributed by atoms with Crippen molar-refractivity contribution >= 4 is 11.3 Å². The normalized spacial score (nSPS) is 18.2. The SMILES string of the molecule is COc1ccc(-c2nc3c(s2)CCCC3N)c(F)c1. The Bertz CT molecular complexity index is 611. The van der Waals surface area contributed by atoms with Gasteiger partial charge < -0.3 is 10.5 Å². The molecule has 0 saturated heterocycles. The molecule has 0 aliphatic heterocycles. The maximum atomic E-state index is 14.0. The number of fused-ring (bicyclic) bond motifs is 1. The van der Waals surface area contributed by atoms with Crippen LogP contribution in [0.2, 0.25) is 0 Å². The van der Waals surface area contributed by atoms with Crippen molar-refractivity contribution in [2.75, 3.05) is 7.11 Å². The number of aryl methyl sites for hydroxylation is 1. The summed E-state index contributed by atoms with van der Waals surface area (Å²) in [5.41, 5.74) is 7.52. The van der Waals surface area contributed by atoms with Crippen LogP contribution in [0.15, 0.2) is 18.2 Å². The first kappa shape index (κ1) is 12.6. The van der Waals surface area contributed by atoms with Crippen LogP contribution in [0.4, 0.5) is 4.39 Å². The van der Waals surface area contributed by atoms with Crippen LogP contribution in [-0.2, 0) is 6.42 Å². The Morgan fingerprint density at radius 1 is 1.47 bits per heavy atom. The van der Waals surface area contributed by atoms with Crippen LogP contribution in [0.5, 0.6) is 5.75 Å². The van der Waals surface area contributed by atoms with Gasteiger partial charge in [0.05, 0.1) is 12.8 Å². The first-order valence-electron chi connectivity index (χ1n) is 6.28. The lowest BCUT2D eigenvalue weighted by Gasteiger charge is -2.15. The van der Waals surface area contributed by atoms with E-state index >= 15 is 0 Å². The summed E-state index contributed by atoms with van der Waals surface area (Å²) in [7, 11) is 1.52. The Kier molecular flexibility index (Phi) is 3.24. The Morgan fingerprint density at radius 3 is 3.00 bits per heavy atom. The Hall–Kier alpha value is -1.46. The molecule has 0 bridgehead atoms. The summed E-state index contributed by atoms with van der Waals surface area (Å²) in [5, 5.41) is 0.711. The Labute approximate surface area is 115 Å². The lowest BCUT2D eigenvalue weighted by molar-refractivity contribution is 0.411. The molecule has 1 atom stereocenters. The number of aromatic nitrogens is 1. The molecule has 2 aromatic rings. The third kappa shape index (κ3) is 2.24. The summed E-state index contributed by atoms with van der Waals surface area (Å²) < 4.78 is 19.0. The number of hydrogen-bond donors (Lipinski definition) is 1. The van der Waals surface area contributed by atoms with Crippen LogP contribution in [0.25, 0.3) is 10.6 Å².